The van der Waals surface area contributed by atoms with Gasteiger partial charge in [0, 0.05) is 25.8 Å². The van der Waals surface area contributed by atoms with Crippen molar-refractivity contribution in [1.82, 2.24) is 4.90 Å². The molecule has 1 aliphatic carbocycles. The number of ether oxygens (including phenoxy) is 1. The average molecular weight is 289 g/mol. The summed E-state index contributed by atoms with van der Waals surface area (Å²) in [4.78, 5) is 12.7. The number of hydrogen-bond donors (Lipinski definition) is 1. The van der Waals surface area contributed by atoms with Gasteiger partial charge in [0.2, 0.25) is 0 Å². The van der Waals surface area contributed by atoms with E-state index in [0.717, 1.165) is 43.9 Å². The third kappa shape index (κ3) is 6.56. The molecule has 4 nitrogen and oxygen atoms in total. The van der Waals surface area contributed by atoms with Gasteiger partial charge in [-0.3, -0.25) is 4.90 Å². The number of carboxylic acid groups (broad SMARTS) is 1. The first-order chi connectivity index (χ1) is 10.1. The topological polar surface area (TPSA) is 49.8 Å². The van der Waals surface area contributed by atoms with Gasteiger partial charge in [0.05, 0.1) is 6.61 Å². The number of carbonyl (C=O) groups is 1. The fourth-order valence-electron chi connectivity index (χ4n) is 2.05. The van der Waals surface area contributed by atoms with Crippen LogP contribution in [0.1, 0.15) is 24.0 Å². The van der Waals surface area contributed by atoms with Crippen molar-refractivity contribution in [1.29, 1.82) is 0 Å². The van der Waals surface area contributed by atoms with E-state index in [-0.39, 0.29) is 0 Å². The van der Waals surface area contributed by atoms with E-state index in [4.69, 9.17) is 9.84 Å². The van der Waals surface area contributed by atoms with Crippen molar-refractivity contribution in [2.24, 2.45) is 5.92 Å². The Morgan fingerprint density at radius 3 is 2.71 bits per heavy atom. The normalized spacial score (nSPS) is 15.0. The molecule has 114 valence electrons. The fourth-order valence-corrected chi connectivity index (χ4v) is 2.05. The second-order valence-corrected chi connectivity index (χ2v) is 5.67. The Balaban J connectivity index is 1.69. The predicted molar refractivity (Wildman–Crippen MR) is 83.0 cm³/mol. The Kier molecular flexibility index (Phi) is 5.96. The first-order valence-corrected chi connectivity index (χ1v) is 7.40. The van der Waals surface area contributed by atoms with Crippen LogP contribution in [0.25, 0.3) is 6.08 Å². The highest BCUT2D eigenvalue weighted by molar-refractivity contribution is 5.85. The van der Waals surface area contributed by atoms with Crippen molar-refractivity contribution in [2.45, 2.75) is 19.4 Å². The Labute approximate surface area is 126 Å². The molecule has 1 fully saturated rings. The van der Waals surface area contributed by atoms with Crippen molar-refractivity contribution in [2.75, 3.05) is 26.8 Å². The summed E-state index contributed by atoms with van der Waals surface area (Å²) < 4.78 is 5.63. The Morgan fingerprint density at radius 1 is 1.38 bits per heavy atom. The lowest BCUT2D eigenvalue weighted by atomic mass is 10.1. The van der Waals surface area contributed by atoms with Crippen molar-refractivity contribution >= 4 is 12.0 Å². The molecular formula is C17H23NO3. The van der Waals surface area contributed by atoms with E-state index in [1.807, 2.05) is 24.3 Å². The summed E-state index contributed by atoms with van der Waals surface area (Å²) in [6.07, 6.45) is 5.41. The molecule has 0 radical (unpaired) electrons. The number of rotatable bonds is 9. The summed E-state index contributed by atoms with van der Waals surface area (Å²) in [6, 6.07) is 7.94. The smallest absolute Gasteiger partial charge is 0.328 e. The molecule has 1 aliphatic rings. The van der Waals surface area contributed by atoms with Crippen LogP contribution in [0.4, 0.5) is 0 Å². The molecule has 0 heterocycles. The lowest BCUT2D eigenvalue weighted by Crippen LogP contribution is -2.23. The summed E-state index contributed by atoms with van der Waals surface area (Å²) in [6.45, 7) is 3.49. The van der Waals surface area contributed by atoms with E-state index in [2.05, 4.69) is 11.9 Å². The maximum atomic E-state index is 10.5. The van der Waals surface area contributed by atoms with E-state index >= 15 is 0 Å². The molecular weight excluding hydrogens is 266 g/mol. The molecule has 1 aromatic carbocycles. The third-order valence-corrected chi connectivity index (χ3v) is 3.52. The maximum absolute atomic E-state index is 10.5. The molecule has 0 bridgehead atoms. The number of aliphatic carboxylic acids is 1. The molecule has 1 saturated carbocycles. The zero-order chi connectivity index (χ0) is 15.1. The van der Waals surface area contributed by atoms with Crippen LogP contribution in [0.3, 0.4) is 0 Å². The van der Waals surface area contributed by atoms with Gasteiger partial charge in [0.15, 0.2) is 0 Å². The van der Waals surface area contributed by atoms with Crippen molar-refractivity contribution < 1.29 is 14.6 Å². The molecule has 0 spiro atoms. The van der Waals surface area contributed by atoms with Gasteiger partial charge < -0.3 is 9.84 Å². The maximum Gasteiger partial charge on any atom is 0.328 e. The highest BCUT2D eigenvalue weighted by Crippen LogP contribution is 2.28. The van der Waals surface area contributed by atoms with Gasteiger partial charge in [-0.2, -0.15) is 0 Å². The van der Waals surface area contributed by atoms with E-state index in [9.17, 15) is 4.79 Å². The van der Waals surface area contributed by atoms with Gasteiger partial charge in [-0.05, 0) is 43.0 Å². The quantitative estimate of drug-likeness (QED) is 0.561. The van der Waals surface area contributed by atoms with Gasteiger partial charge in [0.1, 0.15) is 0 Å². The predicted octanol–water partition coefficient (Wildman–Crippen LogP) is 2.64. The van der Waals surface area contributed by atoms with Crippen LogP contribution in [-0.2, 0) is 16.1 Å². The number of nitrogens with zero attached hydrogens (tertiary/aromatic N) is 1. The van der Waals surface area contributed by atoms with Crippen LogP contribution in [0.15, 0.2) is 30.3 Å². The lowest BCUT2D eigenvalue weighted by Gasteiger charge is -2.16. The second kappa shape index (κ2) is 7.96. The van der Waals surface area contributed by atoms with Gasteiger partial charge in [-0.25, -0.2) is 4.79 Å². The molecule has 1 aromatic rings. The van der Waals surface area contributed by atoms with Gasteiger partial charge in [-0.15, -0.1) is 0 Å². The number of benzene rings is 1. The zero-order valence-corrected chi connectivity index (χ0v) is 12.5. The molecule has 0 aromatic heterocycles. The number of carboxylic acids is 1. The van der Waals surface area contributed by atoms with Gasteiger partial charge in [-0.1, -0.05) is 24.3 Å². The van der Waals surface area contributed by atoms with Crippen molar-refractivity contribution in [3.05, 3.63) is 41.5 Å². The number of hydrogen-bond acceptors (Lipinski definition) is 3. The van der Waals surface area contributed by atoms with Crippen LogP contribution in [0.5, 0.6) is 0 Å². The van der Waals surface area contributed by atoms with Crippen LogP contribution in [0.2, 0.25) is 0 Å². The standard InChI is InChI=1S/C17H23NO3/c1-18(10-11-21-13-16-6-7-16)12-15-4-2-14(3-5-15)8-9-17(19)20/h2-5,8-9,16H,6-7,10-13H2,1H3,(H,19,20)/b9-8+. The first-order valence-electron chi connectivity index (χ1n) is 7.40. The van der Waals surface area contributed by atoms with Crippen LogP contribution in [0, 0.1) is 5.92 Å². The Hall–Kier alpha value is -1.65. The molecule has 0 saturated heterocycles. The average Bonchev–Trinajstić information content (AvgIpc) is 3.27. The molecule has 0 unspecified atom stereocenters. The lowest BCUT2D eigenvalue weighted by molar-refractivity contribution is -0.131. The molecule has 2 rings (SSSR count). The SMILES string of the molecule is CN(CCOCC1CC1)Cc1ccc(/C=C/C(=O)O)cc1. The summed E-state index contributed by atoms with van der Waals surface area (Å²) in [5, 5.41) is 8.58. The van der Waals surface area contributed by atoms with E-state index in [1.54, 1.807) is 6.08 Å². The summed E-state index contributed by atoms with van der Waals surface area (Å²) in [5.74, 6) is -0.105. The van der Waals surface area contributed by atoms with Gasteiger partial charge in [0.25, 0.3) is 0 Å². The molecule has 1 N–H and O–H groups in total. The molecule has 0 aliphatic heterocycles. The monoisotopic (exact) mass is 289 g/mol. The Morgan fingerprint density at radius 2 is 2.10 bits per heavy atom. The minimum absolute atomic E-state index is 0.784. The molecule has 21 heavy (non-hydrogen) atoms. The summed E-state index contributed by atoms with van der Waals surface area (Å²) >= 11 is 0. The van der Waals surface area contributed by atoms with Crippen LogP contribution in [-0.4, -0.2) is 42.8 Å². The van der Waals surface area contributed by atoms with Crippen molar-refractivity contribution in [3.8, 4) is 0 Å². The van der Waals surface area contributed by atoms with Crippen LogP contribution < -0.4 is 0 Å². The van der Waals surface area contributed by atoms with E-state index in [0.29, 0.717) is 0 Å². The van der Waals surface area contributed by atoms with Crippen LogP contribution >= 0.6 is 0 Å². The second-order valence-electron chi connectivity index (χ2n) is 5.67. The third-order valence-electron chi connectivity index (χ3n) is 3.52. The van der Waals surface area contributed by atoms with E-state index in [1.165, 1.54) is 18.4 Å². The first kappa shape index (κ1) is 15.7. The van der Waals surface area contributed by atoms with Gasteiger partial charge >= 0.3 is 5.97 Å². The molecule has 0 amide bonds. The van der Waals surface area contributed by atoms with Crippen molar-refractivity contribution in [3.63, 3.8) is 0 Å². The summed E-state index contributed by atoms with van der Waals surface area (Å²) in [5.41, 5.74) is 2.11. The summed E-state index contributed by atoms with van der Waals surface area (Å²) in [7, 11) is 2.08. The fraction of sp³-hybridized carbons (Fsp3) is 0.471. The largest absolute Gasteiger partial charge is 0.478 e. The molecule has 0 atom stereocenters. The Bertz CT molecular complexity index is 477. The minimum atomic E-state index is -0.926. The zero-order valence-electron chi connectivity index (χ0n) is 12.5. The van der Waals surface area contributed by atoms with E-state index < -0.39 is 5.97 Å². The number of likely N-dealkylation sites (N-methyl/N-ethyl adjacent to an activating group) is 1. The highest BCUT2D eigenvalue weighted by Gasteiger charge is 2.20. The highest BCUT2D eigenvalue weighted by atomic mass is 16.5. The molecule has 4 heteroatoms. The minimum Gasteiger partial charge on any atom is -0.478 e.